The molecule has 2 aromatic carbocycles. The predicted molar refractivity (Wildman–Crippen MR) is 69.7 cm³/mol. The number of aromatic hydroxyl groups is 3. The summed E-state index contributed by atoms with van der Waals surface area (Å²) >= 11 is 0. The van der Waals surface area contributed by atoms with E-state index in [9.17, 15) is 20.1 Å². The maximum Gasteiger partial charge on any atom is 0.182 e. The van der Waals surface area contributed by atoms with Crippen LogP contribution in [0.4, 0.5) is 0 Å². The minimum absolute atomic E-state index is 0.104. The molecule has 96 valence electrons. The molecule has 3 N–H and O–H groups in total. The largest absolute Gasteiger partial charge is 0.507 e. The Bertz CT molecular complexity index is 877. The second kappa shape index (κ2) is 3.65. The van der Waals surface area contributed by atoms with Gasteiger partial charge < -0.3 is 19.7 Å². The van der Waals surface area contributed by atoms with Gasteiger partial charge in [-0.1, -0.05) is 0 Å². The van der Waals surface area contributed by atoms with E-state index in [1.165, 1.54) is 18.2 Å². The number of hydrogen-bond acceptors (Lipinski definition) is 5. The molecule has 0 aliphatic carbocycles. The zero-order valence-electron chi connectivity index (χ0n) is 9.97. The molecule has 0 amide bonds. The molecule has 0 bridgehead atoms. The zero-order valence-corrected chi connectivity index (χ0v) is 9.97. The van der Waals surface area contributed by atoms with Crippen LogP contribution in [0.3, 0.4) is 0 Å². The van der Waals surface area contributed by atoms with E-state index >= 15 is 0 Å². The van der Waals surface area contributed by atoms with Crippen LogP contribution in [0.2, 0.25) is 0 Å². The highest BCUT2D eigenvalue weighted by Crippen LogP contribution is 2.42. The van der Waals surface area contributed by atoms with Crippen LogP contribution in [-0.4, -0.2) is 15.3 Å². The molecule has 3 rings (SSSR count). The quantitative estimate of drug-likeness (QED) is 0.538. The molecule has 0 unspecified atom stereocenters. The predicted octanol–water partition coefficient (Wildman–Crippen LogP) is 2.37. The topological polar surface area (TPSA) is 90.9 Å². The zero-order chi connectivity index (χ0) is 13.7. The molecule has 0 radical (unpaired) electrons. The SMILES string of the molecule is Cc1cc(O)c2c(O)c3c(O)cc(=O)cc3cc2o1. The van der Waals surface area contributed by atoms with Gasteiger partial charge in [0.15, 0.2) is 5.43 Å². The maximum absolute atomic E-state index is 11.4. The first kappa shape index (κ1) is 11.4. The molecule has 0 fully saturated rings. The van der Waals surface area contributed by atoms with Crippen LogP contribution in [-0.2, 0) is 0 Å². The molecule has 19 heavy (non-hydrogen) atoms. The average Bonchev–Trinajstić information content (AvgIpc) is 2.25. The molecular formula is C14H10O5. The van der Waals surface area contributed by atoms with Crippen molar-refractivity contribution < 1.29 is 19.7 Å². The molecule has 5 nitrogen and oxygen atoms in total. The van der Waals surface area contributed by atoms with Crippen LogP contribution in [0.15, 0.2) is 33.5 Å². The van der Waals surface area contributed by atoms with E-state index in [1.54, 1.807) is 6.92 Å². The van der Waals surface area contributed by atoms with E-state index in [4.69, 9.17) is 4.42 Å². The highest BCUT2D eigenvalue weighted by molar-refractivity contribution is 6.07. The highest BCUT2D eigenvalue weighted by atomic mass is 16.3. The van der Waals surface area contributed by atoms with Crippen molar-refractivity contribution in [3.63, 3.8) is 0 Å². The van der Waals surface area contributed by atoms with Crippen molar-refractivity contribution in [1.29, 1.82) is 0 Å². The fourth-order valence-corrected chi connectivity index (χ4v) is 2.24. The van der Waals surface area contributed by atoms with Crippen LogP contribution in [0.25, 0.3) is 21.7 Å². The third-order valence-electron chi connectivity index (χ3n) is 3.00. The Morgan fingerprint density at radius 3 is 2.37 bits per heavy atom. The van der Waals surface area contributed by atoms with Crippen molar-refractivity contribution in [2.45, 2.75) is 6.92 Å². The number of fused-ring (bicyclic) bond motifs is 2. The van der Waals surface area contributed by atoms with Crippen LogP contribution in [0.1, 0.15) is 5.76 Å². The fraction of sp³-hybridized carbons (Fsp3) is 0.0714. The molecule has 3 aromatic rings. The summed E-state index contributed by atoms with van der Waals surface area (Å²) in [4.78, 5) is 11.4. The lowest BCUT2D eigenvalue weighted by Gasteiger charge is -2.09. The van der Waals surface area contributed by atoms with E-state index in [1.807, 2.05) is 0 Å². The lowest BCUT2D eigenvalue weighted by atomic mass is 10.0. The Hall–Kier alpha value is -2.69. The van der Waals surface area contributed by atoms with Gasteiger partial charge in [-0.25, -0.2) is 0 Å². The van der Waals surface area contributed by atoms with Crippen LogP contribution in [0, 0.1) is 6.92 Å². The van der Waals surface area contributed by atoms with Gasteiger partial charge in [-0.3, -0.25) is 4.79 Å². The maximum atomic E-state index is 11.4. The van der Waals surface area contributed by atoms with Crippen molar-refractivity contribution in [1.82, 2.24) is 0 Å². The standard InChI is InChI=1S/C14H10O5/c1-6-2-9(16)13-11(19-6)4-7-3-8(15)5-10(17)12(7)14(13)18/h2-5,16-18H,1H3. The Morgan fingerprint density at radius 2 is 1.63 bits per heavy atom. The third kappa shape index (κ3) is 1.59. The molecule has 1 aromatic heterocycles. The Labute approximate surface area is 107 Å². The number of aryl methyl sites for hydroxylation is 1. The van der Waals surface area contributed by atoms with Crippen molar-refractivity contribution in [3.8, 4) is 17.2 Å². The van der Waals surface area contributed by atoms with Gasteiger partial charge in [0, 0.05) is 12.1 Å². The van der Waals surface area contributed by atoms with E-state index in [-0.39, 0.29) is 39.0 Å². The number of rotatable bonds is 0. The van der Waals surface area contributed by atoms with Gasteiger partial charge in [-0.05, 0) is 24.4 Å². The summed E-state index contributed by atoms with van der Waals surface area (Å²) in [6, 6.07) is 5.16. The molecule has 0 aliphatic rings. The molecule has 5 heteroatoms. The lowest BCUT2D eigenvalue weighted by Crippen LogP contribution is -1.95. The van der Waals surface area contributed by atoms with E-state index in [0.29, 0.717) is 11.1 Å². The van der Waals surface area contributed by atoms with Gasteiger partial charge >= 0.3 is 0 Å². The molecule has 0 atom stereocenters. The Balaban J connectivity index is 2.64. The minimum atomic E-state index is -0.374. The van der Waals surface area contributed by atoms with Gasteiger partial charge in [0.1, 0.15) is 34.0 Å². The number of phenolic OH excluding ortho intramolecular Hbond substituents is 2. The van der Waals surface area contributed by atoms with Crippen molar-refractivity contribution in [2.24, 2.45) is 0 Å². The summed E-state index contributed by atoms with van der Waals surface area (Å²) in [6.45, 7) is 1.65. The third-order valence-corrected chi connectivity index (χ3v) is 3.00. The minimum Gasteiger partial charge on any atom is -0.507 e. The van der Waals surface area contributed by atoms with E-state index in [2.05, 4.69) is 0 Å². The molecular weight excluding hydrogens is 248 g/mol. The van der Waals surface area contributed by atoms with Crippen molar-refractivity contribution >= 4 is 21.7 Å². The molecule has 0 saturated heterocycles. The van der Waals surface area contributed by atoms with Gasteiger partial charge in [-0.2, -0.15) is 0 Å². The molecule has 1 heterocycles. The highest BCUT2D eigenvalue weighted by Gasteiger charge is 2.16. The van der Waals surface area contributed by atoms with Crippen molar-refractivity contribution in [2.75, 3.05) is 0 Å². The first-order chi connectivity index (χ1) is 8.97. The normalized spacial score (nSPS) is 11.2. The van der Waals surface area contributed by atoms with Crippen LogP contribution >= 0.6 is 0 Å². The van der Waals surface area contributed by atoms with Gasteiger partial charge in [0.05, 0.1) is 5.39 Å². The summed E-state index contributed by atoms with van der Waals surface area (Å²) < 4.78 is 5.41. The van der Waals surface area contributed by atoms with E-state index in [0.717, 1.165) is 6.07 Å². The second-order valence-electron chi connectivity index (χ2n) is 4.38. The monoisotopic (exact) mass is 258 g/mol. The lowest BCUT2D eigenvalue weighted by molar-refractivity contribution is 0.452. The molecule has 0 spiro atoms. The average molecular weight is 258 g/mol. The van der Waals surface area contributed by atoms with Gasteiger partial charge in [-0.15, -0.1) is 0 Å². The van der Waals surface area contributed by atoms with Gasteiger partial charge in [0.25, 0.3) is 0 Å². The van der Waals surface area contributed by atoms with Crippen molar-refractivity contribution in [3.05, 3.63) is 40.2 Å². The summed E-state index contributed by atoms with van der Waals surface area (Å²) in [6.07, 6.45) is 0. The fourth-order valence-electron chi connectivity index (χ4n) is 2.24. The summed E-state index contributed by atoms with van der Waals surface area (Å²) in [5.74, 6) is -0.330. The number of benzene rings is 2. The molecule has 0 aliphatic heterocycles. The second-order valence-corrected chi connectivity index (χ2v) is 4.38. The van der Waals surface area contributed by atoms with Crippen LogP contribution < -0.4 is 5.43 Å². The first-order valence-electron chi connectivity index (χ1n) is 5.59. The number of phenols is 2. The van der Waals surface area contributed by atoms with E-state index < -0.39 is 0 Å². The summed E-state index contributed by atoms with van der Waals surface area (Å²) in [5, 5.41) is 30.4. The molecule has 0 saturated carbocycles. The Kier molecular flexibility index (Phi) is 2.19. The Morgan fingerprint density at radius 1 is 0.947 bits per heavy atom. The number of hydrogen-bond donors (Lipinski definition) is 3. The summed E-state index contributed by atoms with van der Waals surface area (Å²) in [5.41, 5.74) is -0.131. The smallest absolute Gasteiger partial charge is 0.182 e. The summed E-state index contributed by atoms with van der Waals surface area (Å²) in [7, 11) is 0. The first-order valence-corrected chi connectivity index (χ1v) is 5.59. The van der Waals surface area contributed by atoms with Crippen LogP contribution in [0.5, 0.6) is 17.2 Å². The van der Waals surface area contributed by atoms with Gasteiger partial charge in [0.2, 0.25) is 0 Å².